The highest BCUT2D eigenvalue weighted by molar-refractivity contribution is 6.11. The Bertz CT molecular complexity index is 1050. The van der Waals surface area contributed by atoms with Crippen LogP contribution >= 0.6 is 0 Å². The summed E-state index contributed by atoms with van der Waals surface area (Å²) in [4.78, 5) is 43.5. The molecular formula is C26H28N2O4. The smallest absolute Gasteiger partial charge is 0.241 e. The summed E-state index contributed by atoms with van der Waals surface area (Å²) < 4.78 is 5.39. The Morgan fingerprint density at radius 1 is 1.22 bits per heavy atom. The molecular weight excluding hydrogens is 404 g/mol. The molecule has 1 atom stereocenters. The topological polar surface area (TPSA) is 70.8 Å². The molecule has 1 aromatic carbocycles. The molecule has 2 aliphatic rings. The Kier molecular flexibility index (Phi) is 6.18. The summed E-state index contributed by atoms with van der Waals surface area (Å²) in [6.07, 6.45) is 10.6. The number of imide groups is 1. The molecule has 6 heteroatoms. The van der Waals surface area contributed by atoms with Crippen molar-refractivity contribution < 1.29 is 18.8 Å². The van der Waals surface area contributed by atoms with Gasteiger partial charge < -0.3 is 9.32 Å². The minimum Gasteiger partial charge on any atom is -0.467 e. The molecule has 2 fully saturated rings. The fraction of sp³-hybridized carbons (Fsp3) is 0.423. The zero-order valence-corrected chi connectivity index (χ0v) is 18.4. The first-order chi connectivity index (χ1) is 15.5. The number of carbonyl (C=O) groups is 3. The molecule has 1 saturated carbocycles. The van der Waals surface area contributed by atoms with E-state index in [4.69, 9.17) is 10.8 Å². The van der Waals surface area contributed by atoms with Crippen LogP contribution in [-0.4, -0.2) is 40.1 Å². The molecule has 3 amide bonds. The first-order valence-electron chi connectivity index (χ1n) is 11.1. The van der Waals surface area contributed by atoms with Gasteiger partial charge in [-0.15, -0.1) is 6.42 Å². The number of nitrogens with zero attached hydrogens (tertiary/aromatic N) is 2. The van der Waals surface area contributed by atoms with Gasteiger partial charge in [-0.2, -0.15) is 0 Å². The molecule has 4 rings (SSSR count). The van der Waals surface area contributed by atoms with Crippen LogP contribution in [0.15, 0.2) is 47.1 Å². The molecule has 1 aromatic heterocycles. The van der Waals surface area contributed by atoms with Gasteiger partial charge in [0.05, 0.1) is 24.8 Å². The van der Waals surface area contributed by atoms with Crippen LogP contribution in [0.3, 0.4) is 0 Å². The van der Waals surface area contributed by atoms with Crippen LogP contribution in [0.25, 0.3) is 0 Å². The van der Waals surface area contributed by atoms with Gasteiger partial charge >= 0.3 is 0 Å². The van der Waals surface area contributed by atoms with Crippen molar-refractivity contribution >= 4 is 17.7 Å². The highest BCUT2D eigenvalue weighted by atomic mass is 16.3. The van der Waals surface area contributed by atoms with Gasteiger partial charge in [0.1, 0.15) is 5.76 Å². The lowest BCUT2D eigenvalue weighted by molar-refractivity contribution is -0.144. The van der Waals surface area contributed by atoms with E-state index in [1.165, 1.54) is 9.80 Å². The Morgan fingerprint density at radius 2 is 1.97 bits per heavy atom. The molecule has 32 heavy (non-hydrogen) atoms. The third-order valence-corrected chi connectivity index (χ3v) is 6.72. The van der Waals surface area contributed by atoms with E-state index >= 15 is 0 Å². The number of aryl methyl sites for hydroxylation is 1. The number of terminal acetylenes is 1. The molecule has 0 spiro atoms. The lowest BCUT2D eigenvalue weighted by Crippen LogP contribution is -2.46. The second kappa shape index (κ2) is 9.04. The number of amides is 3. The van der Waals surface area contributed by atoms with E-state index in [2.05, 4.69) is 5.92 Å². The van der Waals surface area contributed by atoms with Gasteiger partial charge in [0.25, 0.3) is 0 Å². The van der Waals surface area contributed by atoms with Gasteiger partial charge in [-0.25, -0.2) is 0 Å². The van der Waals surface area contributed by atoms with Crippen LogP contribution in [0.1, 0.15) is 55.4 Å². The Balaban J connectivity index is 1.70. The minimum absolute atomic E-state index is 0.00354. The van der Waals surface area contributed by atoms with Gasteiger partial charge in [0.2, 0.25) is 17.7 Å². The van der Waals surface area contributed by atoms with E-state index < -0.39 is 5.41 Å². The SMILES string of the molecule is C#CCN(Cc1ccco1)C(=O)CC1(c2ccccc2C)CC(=O)N(C2CCCC2)C1=O. The van der Waals surface area contributed by atoms with Gasteiger partial charge in [-0.1, -0.05) is 43.0 Å². The molecule has 6 nitrogen and oxygen atoms in total. The highest BCUT2D eigenvalue weighted by Gasteiger charge is 2.56. The van der Waals surface area contributed by atoms with Crippen LogP contribution in [0, 0.1) is 19.3 Å². The van der Waals surface area contributed by atoms with Crippen molar-refractivity contribution in [3.63, 3.8) is 0 Å². The predicted octanol–water partition coefficient (Wildman–Crippen LogP) is 3.58. The molecule has 0 N–H and O–H groups in total. The average Bonchev–Trinajstić information content (AvgIpc) is 3.51. The van der Waals surface area contributed by atoms with E-state index in [1.807, 2.05) is 31.2 Å². The highest BCUT2D eigenvalue weighted by Crippen LogP contribution is 2.44. The van der Waals surface area contributed by atoms with E-state index in [9.17, 15) is 14.4 Å². The zero-order chi connectivity index (χ0) is 22.7. The molecule has 0 radical (unpaired) electrons. The first-order valence-corrected chi connectivity index (χ1v) is 11.1. The average molecular weight is 433 g/mol. The van der Waals surface area contributed by atoms with Gasteiger partial charge in [-0.05, 0) is 43.0 Å². The first kappa shape index (κ1) is 21.9. The molecule has 2 heterocycles. The summed E-state index contributed by atoms with van der Waals surface area (Å²) in [5.41, 5.74) is 0.424. The minimum atomic E-state index is -1.21. The molecule has 0 bridgehead atoms. The number of benzene rings is 1. The Hall–Kier alpha value is -3.33. The van der Waals surface area contributed by atoms with Crippen LogP contribution in [0.4, 0.5) is 0 Å². The molecule has 1 unspecified atom stereocenters. The lowest BCUT2D eigenvalue weighted by atomic mass is 9.73. The van der Waals surface area contributed by atoms with Gasteiger partial charge in [-0.3, -0.25) is 19.3 Å². The Labute approximate surface area is 188 Å². The fourth-order valence-electron chi connectivity index (χ4n) is 5.15. The van der Waals surface area contributed by atoms with Crippen molar-refractivity contribution in [3.05, 3.63) is 59.5 Å². The predicted molar refractivity (Wildman–Crippen MR) is 119 cm³/mol. The quantitative estimate of drug-likeness (QED) is 0.495. The summed E-state index contributed by atoms with van der Waals surface area (Å²) in [6, 6.07) is 11.0. The van der Waals surface area contributed by atoms with Crippen molar-refractivity contribution in [1.82, 2.24) is 9.80 Å². The maximum atomic E-state index is 13.9. The molecule has 1 aliphatic heterocycles. The van der Waals surface area contributed by atoms with Crippen LogP contribution < -0.4 is 0 Å². The maximum absolute atomic E-state index is 13.9. The summed E-state index contributed by atoms with van der Waals surface area (Å²) >= 11 is 0. The van der Waals surface area contributed by atoms with Gasteiger partial charge in [0, 0.05) is 18.9 Å². The number of carbonyl (C=O) groups excluding carboxylic acids is 3. The standard InChI is InChI=1S/C26H28N2O4/c1-3-14-27(18-21-12-8-15-32-21)23(29)16-26(22-13-7-4-9-19(22)2)17-24(30)28(25(26)31)20-10-5-6-11-20/h1,4,7-9,12-13,15,20H,5-6,10-11,14,16-18H2,2H3. The van der Waals surface area contributed by atoms with Gasteiger partial charge in [0.15, 0.2) is 0 Å². The van der Waals surface area contributed by atoms with Crippen LogP contribution in [0.5, 0.6) is 0 Å². The van der Waals surface area contributed by atoms with E-state index in [0.717, 1.165) is 36.8 Å². The third kappa shape index (κ3) is 3.95. The largest absolute Gasteiger partial charge is 0.467 e. The molecule has 2 aromatic rings. The summed E-state index contributed by atoms with van der Waals surface area (Å²) in [7, 11) is 0. The summed E-state index contributed by atoms with van der Waals surface area (Å²) in [6.45, 7) is 2.23. The van der Waals surface area contributed by atoms with Crippen molar-refractivity contribution in [3.8, 4) is 12.3 Å². The fourth-order valence-corrected chi connectivity index (χ4v) is 5.15. The van der Waals surface area contributed by atoms with Crippen LogP contribution in [-0.2, 0) is 26.3 Å². The van der Waals surface area contributed by atoms with E-state index in [1.54, 1.807) is 18.4 Å². The molecule has 1 saturated heterocycles. The number of hydrogen-bond donors (Lipinski definition) is 0. The van der Waals surface area contributed by atoms with E-state index in [0.29, 0.717) is 5.76 Å². The van der Waals surface area contributed by atoms with Crippen molar-refractivity contribution in [1.29, 1.82) is 0 Å². The second-order valence-corrected chi connectivity index (χ2v) is 8.79. The molecule has 1 aliphatic carbocycles. The van der Waals surface area contributed by atoms with Crippen molar-refractivity contribution in [2.75, 3.05) is 6.54 Å². The number of hydrogen-bond acceptors (Lipinski definition) is 4. The monoisotopic (exact) mass is 432 g/mol. The normalized spacial score (nSPS) is 21.2. The van der Waals surface area contributed by atoms with E-state index in [-0.39, 0.29) is 49.7 Å². The van der Waals surface area contributed by atoms with Crippen LogP contribution in [0.2, 0.25) is 0 Å². The summed E-state index contributed by atoms with van der Waals surface area (Å²) in [5.74, 6) is 2.43. The second-order valence-electron chi connectivity index (χ2n) is 8.79. The van der Waals surface area contributed by atoms with Crippen molar-refractivity contribution in [2.24, 2.45) is 0 Å². The molecule has 166 valence electrons. The summed E-state index contributed by atoms with van der Waals surface area (Å²) in [5, 5.41) is 0. The Morgan fingerprint density at radius 3 is 2.62 bits per heavy atom. The van der Waals surface area contributed by atoms with Crippen molar-refractivity contribution in [2.45, 2.75) is 63.5 Å². The lowest BCUT2D eigenvalue weighted by Gasteiger charge is -2.32. The maximum Gasteiger partial charge on any atom is 0.241 e. The number of furan rings is 1. The third-order valence-electron chi connectivity index (χ3n) is 6.72. The number of rotatable bonds is 7. The zero-order valence-electron chi connectivity index (χ0n) is 18.4. The number of likely N-dealkylation sites (tertiary alicyclic amines) is 1.